The summed E-state index contributed by atoms with van der Waals surface area (Å²) in [6.45, 7) is 14.0. The van der Waals surface area contributed by atoms with E-state index in [1.165, 1.54) is 107 Å². The predicted octanol–water partition coefficient (Wildman–Crippen LogP) is 17.0. The number of aromatic nitrogens is 1. The smallest absolute Gasteiger partial charge is 0.333 e. The Morgan fingerprint density at radius 3 is 1.71 bits per heavy atom. The molecule has 2 aliphatic rings. The topological polar surface area (TPSA) is 11.4 Å². The largest absolute Gasteiger partial charge is 0.375 e. The Hall–Kier alpha value is -7.12. The number of fused-ring (bicyclic) bond motifs is 13. The molecule has 0 saturated heterocycles. The molecular formula is C62H48BN3S2. The fraction of sp³-hybridized carbons (Fsp3) is 0.129. The highest BCUT2D eigenvalue weighted by atomic mass is 32.1. The Kier molecular flexibility index (Phi) is 8.36. The zero-order chi connectivity index (χ0) is 45.8. The minimum Gasteiger partial charge on any atom is -0.375 e. The molecule has 0 bridgehead atoms. The molecule has 14 rings (SSSR count). The SMILES string of the molecule is CC(C)(C)c1ccc2c(c1)c1cc(C(C)(C)C)cc3c1n2B1c2cc4sc5ccccc5c4cc2N(c2ccc4sc5ccccc5c4c2)c2cc(N(c4ccccc4)c4ccccc4)cc-3c21. The van der Waals surface area contributed by atoms with Gasteiger partial charge in [0.2, 0.25) is 0 Å². The molecule has 0 unspecified atom stereocenters. The van der Waals surface area contributed by atoms with E-state index < -0.39 is 0 Å². The van der Waals surface area contributed by atoms with Crippen LogP contribution >= 0.6 is 22.7 Å². The minimum atomic E-state index is -0.0870. The first-order chi connectivity index (χ1) is 33.0. The molecule has 0 saturated carbocycles. The van der Waals surface area contributed by atoms with Crippen LogP contribution in [-0.2, 0) is 10.8 Å². The third kappa shape index (κ3) is 5.77. The number of para-hydroxylation sites is 2. The first-order valence-corrected chi connectivity index (χ1v) is 25.5. The van der Waals surface area contributed by atoms with Gasteiger partial charge in [0.1, 0.15) is 0 Å². The molecule has 0 amide bonds. The second-order valence-electron chi connectivity index (χ2n) is 21.0. The van der Waals surface area contributed by atoms with Crippen molar-refractivity contribution in [1.82, 2.24) is 4.48 Å². The Bertz CT molecular complexity index is 4030. The fourth-order valence-electron chi connectivity index (χ4n) is 11.5. The summed E-state index contributed by atoms with van der Waals surface area (Å²) in [6, 6.07) is 69.3. The standard InChI is InChI=1S/C62H48BN3S2/c1-61(2,3)37-25-27-52-45(29-37)49-30-38(62(4,5)6)31-50-48-33-42(64(39-17-9-7-10-18-39)40-19-11-8-12-20-40)34-54-59(48)63(66(52)60(49)50)51-36-58-47(44-22-14-16-24-56(44)68-58)35-53(51)65(54)41-26-28-57-46(32-41)43-21-13-15-23-55(43)67-57/h7-36H,1-6H3. The lowest BCUT2D eigenvalue weighted by molar-refractivity contribution is 0.590. The second-order valence-corrected chi connectivity index (χ2v) is 23.1. The van der Waals surface area contributed by atoms with Crippen LogP contribution in [0.5, 0.6) is 0 Å². The summed E-state index contributed by atoms with van der Waals surface area (Å²) in [7, 11) is 0. The van der Waals surface area contributed by atoms with E-state index in [0.717, 1.165) is 22.7 Å². The normalized spacial score (nSPS) is 13.4. The summed E-state index contributed by atoms with van der Waals surface area (Å²) in [5, 5.41) is 7.86. The van der Waals surface area contributed by atoms with Gasteiger partial charge in [0.15, 0.2) is 0 Å². The van der Waals surface area contributed by atoms with Gasteiger partial charge in [0, 0.05) is 102 Å². The molecule has 0 radical (unpaired) electrons. The second kappa shape index (κ2) is 14.2. The van der Waals surface area contributed by atoms with Gasteiger partial charge in [-0.25, -0.2) is 0 Å². The predicted molar refractivity (Wildman–Crippen MR) is 298 cm³/mol. The first kappa shape index (κ1) is 40.0. The average Bonchev–Trinajstić information content (AvgIpc) is 4.01. The zero-order valence-electron chi connectivity index (χ0n) is 39.1. The van der Waals surface area contributed by atoms with Gasteiger partial charge in [-0.15, -0.1) is 22.7 Å². The lowest BCUT2D eigenvalue weighted by Crippen LogP contribution is -2.56. The Balaban J connectivity index is 1.18. The van der Waals surface area contributed by atoms with Gasteiger partial charge in [-0.05, 0) is 142 Å². The molecule has 9 aromatic carbocycles. The maximum atomic E-state index is 2.74. The molecule has 5 heterocycles. The Labute approximate surface area is 405 Å². The van der Waals surface area contributed by atoms with Crippen LogP contribution in [0.3, 0.4) is 0 Å². The van der Waals surface area contributed by atoms with Crippen molar-refractivity contribution < 1.29 is 0 Å². The van der Waals surface area contributed by atoms with Gasteiger partial charge in [0.25, 0.3) is 0 Å². The number of nitrogens with zero attached hydrogens (tertiary/aromatic N) is 3. The quantitative estimate of drug-likeness (QED) is 0.163. The molecule has 0 atom stereocenters. The van der Waals surface area contributed by atoms with Gasteiger partial charge in [-0.3, -0.25) is 0 Å². The van der Waals surface area contributed by atoms with Crippen molar-refractivity contribution >= 4 is 137 Å². The van der Waals surface area contributed by atoms with Gasteiger partial charge in [-0.2, -0.15) is 0 Å². The summed E-state index contributed by atoms with van der Waals surface area (Å²) in [4.78, 5) is 5.08. The van der Waals surface area contributed by atoms with Gasteiger partial charge in [0.05, 0.1) is 0 Å². The van der Waals surface area contributed by atoms with Crippen LogP contribution in [-0.4, -0.2) is 11.3 Å². The number of rotatable bonds is 4. The summed E-state index contributed by atoms with van der Waals surface area (Å²) in [6.07, 6.45) is 0. The van der Waals surface area contributed by atoms with Crippen LogP contribution in [0.4, 0.5) is 34.1 Å². The lowest BCUT2D eigenvalue weighted by atomic mass is 9.45. The van der Waals surface area contributed by atoms with E-state index in [4.69, 9.17) is 0 Å². The molecule has 68 heavy (non-hydrogen) atoms. The van der Waals surface area contributed by atoms with Crippen molar-refractivity contribution in [2.45, 2.75) is 52.4 Å². The number of hydrogen-bond acceptors (Lipinski definition) is 4. The maximum absolute atomic E-state index is 2.74. The van der Waals surface area contributed by atoms with Gasteiger partial charge in [-0.1, -0.05) is 120 Å². The summed E-state index contributed by atoms with van der Waals surface area (Å²) in [5.74, 6) is 0. The third-order valence-corrected chi connectivity index (χ3v) is 17.1. The molecule has 6 heteroatoms. The van der Waals surface area contributed by atoms with Crippen molar-refractivity contribution in [3.8, 4) is 11.1 Å². The molecule has 0 fully saturated rings. The van der Waals surface area contributed by atoms with E-state index in [2.05, 4.69) is 238 Å². The monoisotopic (exact) mass is 909 g/mol. The molecule has 3 aromatic heterocycles. The zero-order valence-corrected chi connectivity index (χ0v) is 40.7. The van der Waals surface area contributed by atoms with Crippen molar-refractivity contribution in [2.75, 3.05) is 9.80 Å². The first-order valence-electron chi connectivity index (χ1n) is 23.9. The number of benzene rings is 9. The van der Waals surface area contributed by atoms with Gasteiger partial charge < -0.3 is 14.3 Å². The fourth-order valence-corrected chi connectivity index (χ4v) is 13.7. The molecule has 326 valence electrons. The van der Waals surface area contributed by atoms with Crippen LogP contribution in [0.1, 0.15) is 52.7 Å². The Morgan fingerprint density at radius 1 is 0.426 bits per heavy atom. The highest BCUT2D eigenvalue weighted by Gasteiger charge is 2.44. The van der Waals surface area contributed by atoms with E-state index in [9.17, 15) is 0 Å². The van der Waals surface area contributed by atoms with E-state index in [1.54, 1.807) is 0 Å². The van der Waals surface area contributed by atoms with E-state index in [0.29, 0.717) is 0 Å². The van der Waals surface area contributed by atoms with E-state index in [-0.39, 0.29) is 17.7 Å². The summed E-state index contributed by atoms with van der Waals surface area (Å²) in [5.41, 5.74) is 17.4. The number of anilines is 6. The molecule has 0 spiro atoms. The van der Waals surface area contributed by atoms with Crippen LogP contribution < -0.4 is 20.7 Å². The van der Waals surface area contributed by atoms with E-state index >= 15 is 0 Å². The highest BCUT2D eigenvalue weighted by Crippen LogP contribution is 2.51. The molecule has 2 aliphatic heterocycles. The summed E-state index contributed by atoms with van der Waals surface area (Å²) < 4.78 is 7.99. The van der Waals surface area contributed by atoms with Crippen molar-refractivity contribution in [3.05, 3.63) is 193 Å². The van der Waals surface area contributed by atoms with Crippen LogP contribution in [0.25, 0.3) is 73.3 Å². The average molecular weight is 910 g/mol. The van der Waals surface area contributed by atoms with Crippen LogP contribution in [0.15, 0.2) is 182 Å². The van der Waals surface area contributed by atoms with Crippen LogP contribution in [0.2, 0.25) is 0 Å². The molecule has 3 nitrogen and oxygen atoms in total. The summed E-state index contributed by atoms with van der Waals surface area (Å²) >= 11 is 3.79. The highest BCUT2D eigenvalue weighted by molar-refractivity contribution is 7.26. The van der Waals surface area contributed by atoms with Crippen molar-refractivity contribution in [3.63, 3.8) is 0 Å². The lowest BCUT2D eigenvalue weighted by Gasteiger charge is -2.42. The van der Waals surface area contributed by atoms with Gasteiger partial charge >= 0.3 is 6.85 Å². The van der Waals surface area contributed by atoms with Crippen LogP contribution in [0, 0.1) is 0 Å². The number of hydrogen-bond donors (Lipinski definition) is 0. The maximum Gasteiger partial charge on any atom is 0.333 e. The minimum absolute atomic E-state index is 0.00374. The van der Waals surface area contributed by atoms with E-state index in [1.807, 2.05) is 22.7 Å². The Morgan fingerprint density at radius 2 is 1.03 bits per heavy atom. The van der Waals surface area contributed by atoms with Crippen molar-refractivity contribution in [2.24, 2.45) is 0 Å². The molecule has 0 aliphatic carbocycles. The van der Waals surface area contributed by atoms with Crippen molar-refractivity contribution in [1.29, 1.82) is 0 Å². The molecule has 0 N–H and O–H groups in total. The number of thiophene rings is 2. The molecule has 12 aromatic rings. The molecular weight excluding hydrogens is 862 g/mol. The third-order valence-electron chi connectivity index (χ3n) is 14.8.